The van der Waals surface area contributed by atoms with Crippen molar-refractivity contribution in [3.8, 4) is 0 Å². The van der Waals surface area contributed by atoms with E-state index in [9.17, 15) is 0 Å². The topological polar surface area (TPSA) is 36.5 Å². The molecule has 0 aromatic heterocycles. The number of hydrogen-bond acceptors (Lipinski definition) is 4. The first-order valence-corrected chi connectivity index (χ1v) is 7.19. The summed E-state index contributed by atoms with van der Waals surface area (Å²) >= 11 is 0. The average Bonchev–Trinajstić information content (AvgIpc) is 2.41. The van der Waals surface area contributed by atoms with Crippen LogP contribution in [-0.2, 0) is 4.74 Å². The van der Waals surface area contributed by atoms with Crippen molar-refractivity contribution < 1.29 is 4.74 Å². The Labute approximate surface area is 105 Å². The minimum Gasteiger partial charge on any atom is -0.379 e. The van der Waals surface area contributed by atoms with Gasteiger partial charge in [0.05, 0.1) is 13.2 Å². The smallest absolute Gasteiger partial charge is 0.0594 e. The van der Waals surface area contributed by atoms with Crippen LogP contribution >= 0.6 is 0 Å². The first-order chi connectivity index (χ1) is 8.45. The van der Waals surface area contributed by atoms with Crippen LogP contribution in [0, 0.1) is 0 Å². The average molecular weight is 241 g/mol. The molecule has 2 aliphatic rings. The number of ether oxygens (including phenoxy) is 1. The Morgan fingerprint density at radius 2 is 2.06 bits per heavy atom. The van der Waals surface area contributed by atoms with Crippen molar-refractivity contribution >= 4 is 0 Å². The van der Waals surface area contributed by atoms with Gasteiger partial charge in [-0.15, -0.1) is 0 Å². The zero-order valence-corrected chi connectivity index (χ0v) is 10.9. The van der Waals surface area contributed by atoms with E-state index in [1.165, 1.54) is 38.8 Å². The lowest BCUT2D eigenvalue weighted by molar-refractivity contribution is 0.0384. The van der Waals surface area contributed by atoms with Gasteiger partial charge in [-0.05, 0) is 32.4 Å². The van der Waals surface area contributed by atoms with E-state index in [-0.39, 0.29) is 0 Å². The Morgan fingerprint density at radius 1 is 1.18 bits per heavy atom. The van der Waals surface area contributed by atoms with E-state index in [2.05, 4.69) is 15.5 Å². The van der Waals surface area contributed by atoms with Crippen molar-refractivity contribution in [3.05, 3.63) is 0 Å². The molecule has 2 fully saturated rings. The van der Waals surface area contributed by atoms with Crippen LogP contribution in [0.3, 0.4) is 0 Å². The maximum absolute atomic E-state index is 5.34. The summed E-state index contributed by atoms with van der Waals surface area (Å²) in [5.41, 5.74) is 0. The molecule has 0 radical (unpaired) electrons. The van der Waals surface area contributed by atoms with Crippen molar-refractivity contribution in [2.45, 2.75) is 31.7 Å². The molecule has 0 aromatic carbocycles. The van der Waals surface area contributed by atoms with Crippen LogP contribution in [0.2, 0.25) is 0 Å². The predicted molar refractivity (Wildman–Crippen MR) is 70.4 cm³/mol. The molecule has 2 aliphatic heterocycles. The van der Waals surface area contributed by atoms with E-state index < -0.39 is 0 Å². The number of nitrogens with one attached hydrogen (secondary N) is 2. The van der Waals surface area contributed by atoms with E-state index in [1.54, 1.807) is 0 Å². The molecule has 0 aliphatic carbocycles. The Bertz CT molecular complexity index is 169. The highest BCUT2D eigenvalue weighted by Gasteiger charge is 2.12. The lowest BCUT2D eigenvalue weighted by Crippen LogP contribution is -2.41. The molecule has 1 atom stereocenters. The second kappa shape index (κ2) is 8.03. The molecule has 0 bridgehead atoms. The summed E-state index contributed by atoms with van der Waals surface area (Å²) in [6, 6.07) is 0.764. The van der Waals surface area contributed by atoms with E-state index in [0.29, 0.717) is 0 Å². The number of nitrogens with zero attached hydrogens (tertiary/aromatic N) is 1. The fourth-order valence-electron chi connectivity index (χ4n) is 2.63. The summed E-state index contributed by atoms with van der Waals surface area (Å²) < 4.78 is 5.34. The fraction of sp³-hybridized carbons (Fsp3) is 1.00. The minimum absolute atomic E-state index is 0.764. The van der Waals surface area contributed by atoms with Gasteiger partial charge in [0.2, 0.25) is 0 Å². The maximum atomic E-state index is 5.34. The van der Waals surface area contributed by atoms with E-state index >= 15 is 0 Å². The second-order valence-electron chi connectivity index (χ2n) is 5.14. The van der Waals surface area contributed by atoms with Gasteiger partial charge in [-0.25, -0.2) is 0 Å². The first-order valence-electron chi connectivity index (χ1n) is 7.19. The summed E-state index contributed by atoms with van der Waals surface area (Å²) in [6.45, 7) is 8.68. The van der Waals surface area contributed by atoms with Gasteiger partial charge < -0.3 is 15.4 Å². The summed E-state index contributed by atoms with van der Waals surface area (Å²) in [4.78, 5) is 2.48. The highest BCUT2D eigenvalue weighted by molar-refractivity contribution is 4.73. The third kappa shape index (κ3) is 5.34. The van der Waals surface area contributed by atoms with Crippen molar-refractivity contribution in [2.24, 2.45) is 0 Å². The van der Waals surface area contributed by atoms with Crippen LogP contribution in [0.5, 0.6) is 0 Å². The van der Waals surface area contributed by atoms with Gasteiger partial charge in [-0.3, -0.25) is 4.90 Å². The van der Waals surface area contributed by atoms with Crippen LogP contribution in [-0.4, -0.2) is 63.4 Å². The van der Waals surface area contributed by atoms with Crippen molar-refractivity contribution in [1.82, 2.24) is 15.5 Å². The minimum atomic E-state index is 0.764. The molecule has 2 N–H and O–H groups in total. The highest BCUT2D eigenvalue weighted by atomic mass is 16.5. The quantitative estimate of drug-likeness (QED) is 0.662. The molecule has 0 spiro atoms. The Balaban J connectivity index is 1.42. The first kappa shape index (κ1) is 13.3. The van der Waals surface area contributed by atoms with Crippen molar-refractivity contribution in [2.75, 3.05) is 52.5 Å². The molecule has 4 nitrogen and oxygen atoms in total. The number of hydrogen-bond donors (Lipinski definition) is 2. The molecule has 4 heteroatoms. The summed E-state index contributed by atoms with van der Waals surface area (Å²) in [6.07, 6.45) is 5.42. The van der Waals surface area contributed by atoms with Crippen LogP contribution < -0.4 is 10.6 Å². The molecule has 100 valence electrons. The third-order valence-corrected chi connectivity index (χ3v) is 3.79. The molecule has 0 aromatic rings. The van der Waals surface area contributed by atoms with Crippen LogP contribution in [0.25, 0.3) is 0 Å². The molecule has 17 heavy (non-hydrogen) atoms. The summed E-state index contributed by atoms with van der Waals surface area (Å²) in [5.74, 6) is 0. The molecule has 2 saturated heterocycles. The molecule has 1 unspecified atom stereocenters. The molecule has 2 heterocycles. The van der Waals surface area contributed by atoms with Crippen LogP contribution in [0.15, 0.2) is 0 Å². The predicted octanol–water partition coefficient (Wildman–Crippen LogP) is 0.440. The number of piperidine rings is 1. The summed E-state index contributed by atoms with van der Waals surface area (Å²) in [7, 11) is 0. The van der Waals surface area contributed by atoms with E-state index in [0.717, 1.165) is 45.4 Å². The Hall–Kier alpha value is -0.160. The molecule has 0 saturated carbocycles. The van der Waals surface area contributed by atoms with Crippen molar-refractivity contribution in [3.63, 3.8) is 0 Å². The maximum Gasteiger partial charge on any atom is 0.0594 e. The van der Waals surface area contributed by atoms with Crippen LogP contribution in [0.4, 0.5) is 0 Å². The zero-order valence-electron chi connectivity index (χ0n) is 10.9. The molecule has 0 amide bonds. The highest BCUT2D eigenvalue weighted by Crippen LogP contribution is 2.08. The number of rotatable bonds is 6. The monoisotopic (exact) mass is 241 g/mol. The Kier molecular flexibility index (Phi) is 6.27. The second-order valence-corrected chi connectivity index (χ2v) is 5.14. The van der Waals surface area contributed by atoms with Gasteiger partial charge in [0.1, 0.15) is 0 Å². The van der Waals surface area contributed by atoms with Gasteiger partial charge in [-0.2, -0.15) is 0 Å². The molecule has 2 rings (SSSR count). The normalized spacial score (nSPS) is 27.2. The van der Waals surface area contributed by atoms with Crippen molar-refractivity contribution in [1.29, 1.82) is 0 Å². The van der Waals surface area contributed by atoms with Crippen LogP contribution in [0.1, 0.15) is 25.7 Å². The fourth-order valence-corrected chi connectivity index (χ4v) is 2.63. The largest absolute Gasteiger partial charge is 0.379 e. The zero-order chi connectivity index (χ0) is 11.8. The molecular formula is C13H27N3O. The van der Waals surface area contributed by atoms with E-state index in [1.807, 2.05) is 0 Å². The van der Waals surface area contributed by atoms with E-state index in [4.69, 9.17) is 4.74 Å². The van der Waals surface area contributed by atoms with Gasteiger partial charge in [0.15, 0.2) is 0 Å². The lowest BCUT2D eigenvalue weighted by atomic mass is 10.0. The summed E-state index contributed by atoms with van der Waals surface area (Å²) in [5, 5.41) is 7.15. The van der Waals surface area contributed by atoms with Gasteiger partial charge >= 0.3 is 0 Å². The molecular weight excluding hydrogens is 214 g/mol. The van der Waals surface area contributed by atoms with Gasteiger partial charge in [0, 0.05) is 32.2 Å². The third-order valence-electron chi connectivity index (χ3n) is 3.79. The van der Waals surface area contributed by atoms with Gasteiger partial charge in [-0.1, -0.05) is 6.42 Å². The number of morpholine rings is 1. The van der Waals surface area contributed by atoms with Gasteiger partial charge in [0.25, 0.3) is 0 Å². The standard InChI is InChI=1S/C13H27N3O/c1-2-5-15-13(3-1)4-6-14-7-8-16-9-11-17-12-10-16/h13-15H,1-12H2. The Morgan fingerprint density at radius 3 is 2.82 bits per heavy atom. The SMILES string of the molecule is C1CCC(CCNCCN2CCOCC2)NC1. The lowest BCUT2D eigenvalue weighted by Gasteiger charge is -2.27.